The Morgan fingerprint density at radius 2 is 1.90 bits per heavy atom. The van der Waals surface area contributed by atoms with Crippen LogP contribution in [0, 0.1) is 6.92 Å². The molecule has 0 spiro atoms. The van der Waals surface area contributed by atoms with E-state index >= 15 is 0 Å². The lowest BCUT2D eigenvalue weighted by Gasteiger charge is -2.05. The average Bonchev–Trinajstić information content (AvgIpc) is 2.76. The maximum absolute atomic E-state index is 12.1. The van der Waals surface area contributed by atoms with Crippen molar-refractivity contribution in [2.75, 3.05) is 5.32 Å². The number of fused-ring (bicyclic) bond motifs is 1. The Morgan fingerprint density at radius 1 is 1.15 bits per heavy atom. The zero-order valence-corrected chi connectivity index (χ0v) is 11.4. The van der Waals surface area contributed by atoms with Crippen molar-refractivity contribution in [3.63, 3.8) is 0 Å². The third-order valence-corrected chi connectivity index (χ3v) is 3.30. The lowest BCUT2D eigenvalue weighted by molar-refractivity contribution is 0.102. The van der Waals surface area contributed by atoms with E-state index in [1.807, 2.05) is 48.9 Å². The molecule has 0 saturated heterocycles. The second-order valence-electron chi connectivity index (χ2n) is 4.81. The molecule has 3 aromatic rings. The number of nitrogens with zero attached hydrogens (tertiary/aromatic N) is 2. The first-order valence-corrected chi connectivity index (χ1v) is 6.44. The highest BCUT2D eigenvalue weighted by atomic mass is 16.1. The molecule has 0 aliphatic heterocycles. The van der Waals surface area contributed by atoms with E-state index in [9.17, 15) is 4.79 Å². The Balaban J connectivity index is 1.95. The number of amides is 1. The fourth-order valence-electron chi connectivity index (χ4n) is 2.17. The number of nitrogens with one attached hydrogen (secondary N) is 1. The quantitative estimate of drug-likeness (QED) is 0.773. The standard InChI is InChI=1S/C16H15N3O/c1-11-8-9-13-14(10-11)19(2)16(17-13)18-15(20)12-6-4-3-5-7-12/h3-10H,1-2H3,(H,17,18,20). The summed E-state index contributed by atoms with van der Waals surface area (Å²) < 4.78 is 1.89. The summed E-state index contributed by atoms with van der Waals surface area (Å²) >= 11 is 0. The van der Waals surface area contributed by atoms with E-state index < -0.39 is 0 Å². The highest BCUT2D eigenvalue weighted by Gasteiger charge is 2.11. The van der Waals surface area contributed by atoms with E-state index in [1.54, 1.807) is 12.1 Å². The lowest BCUT2D eigenvalue weighted by atomic mass is 10.2. The molecule has 3 rings (SSSR count). The summed E-state index contributed by atoms with van der Waals surface area (Å²) in [6, 6.07) is 15.2. The van der Waals surface area contributed by atoms with Gasteiger partial charge in [-0.25, -0.2) is 4.98 Å². The van der Waals surface area contributed by atoms with E-state index in [4.69, 9.17) is 0 Å². The van der Waals surface area contributed by atoms with Gasteiger partial charge < -0.3 is 4.57 Å². The molecule has 0 aliphatic rings. The fraction of sp³-hybridized carbons (Fsp3) is 0.125. The zero-order chi connectivity index (χ0) is 14.1. The number of hydrogen-bond acceptors (Lipinski definition) is 2. The maximum atomic E-state index is 12.1. The number of aryl methyl sites for hydroxylation is 2. The maximum Gasteiger partial charge on any atom is 0.257 e. The summed E-state index contributed by atoms with van der Waals surface area (Å²) in [4.78, 5) is 16.6. The molecule has 0 fully saturated rings. The van der Waals surface area contributed by atoms with E-state index in [-0.39, 0.29) is 5.91 Å². The van der Waals surface area contributed by atoms with E-state index in [0.29, 0.717) is 11.5 Å². The van der Waals surface area contributed by atoms with Crippen LogP contribution in [-0.2, 0) is 7.05 Å². The minimum atomic E-state index is -0.152. The van der Waals surface area contributed by atoms with Crippen LogP contribution in [0.5, 0.6) is 0 Å². The molecule has 100 valence electrons. The van der Waals surface area contributed by atoms with Crippen molar-refractivity contribution in [2.24, 2.45) is 7.05 Å². The van der Waals surface area contributed by atoms with Crippen LogP contribution in [0.4, 0.5) is 5.95 Å². The largest absolute Gasteiger partial charge is 0.313 e. The van der Waals surface area contributed by atoms with Gasteiger partial charge in [0.1, 0.15) is 0 Å². The highest BCUT2D eigenvalue weighted by molar-refractivity contribution is 6.04. The molecule has 1 aromatic heterocycles. The smallest absolute Gasteiger partial charge is 0.257 e. The van der Waals surface area contributed by atoms with Gasteiger partial charge in [0.25, 0.3) is 5.91 Å². The van der Waals surface area contributed by atoms with Crippen molar-refractivity contribution in [3.8, 4) is 0 Å². The normalized spacial score (nSPS) is 10.7. The van der Waals surface area contributed by atoms with Crippen LogP contribution in [0.25, 0.3) is 11.0 Å². The fourth-order valence-corrected chi connectivity index (χ4v) is 2.17. The van der Waals surface area contributed by atoms with Crippen molar-refractivity contribution in [3.05, 3.63) is 59.7 Å². The van der Waals surface area contributed by atoms with Crippen molar-refractivity contribution in [2.45, 2.75) is 6.92 Å². The highest BCUT2D eigenvalue weighted by Crippen LogP contribution is 2.19. The van der Waals surface area contributed by atoms with Gasteiger partial charge in [0.15, 0.2) is 0 Å². The van der Waals surface area contributed by atoms with Gasteiger partial charge in [0.05, 0.1) is 11.0 Å². The van der Waals surface area contributed by atoms with Crippen molar-refractivity contribution < 1.29 is 4.79 Å². The van der Waals surface area contributed by atoms with Crippen molar-refractivity contribution >= 4 is 22.9 Å². The molecule has 0 atom stereocenters. The number of imidazole rings is 1. The van der Waals surface area contributed by atoms with Crippen molar-refractivity contribution in [1.82, 2.24) is 9.55 Å². The number of benzene rings is 2. The van der Waals surface area contributed by atoms with Gasteiger partial charge in [-0.2, -0.15) is 0 Å². The number of anilines is 1. The molecular weight excluding hydrogens is 250 g/mol. The van der Waals surface area contributed by atoms with Crippen molar-refractivity contribution in [1.29, 1.82) is 0 Å². The summed E-state index contributed by atoms with van der Waals surface area (Å²) in [5, 5.41) is 2.85. The van der Waals surface area contributed by atoms with Gasteiger partial charge in [-0.05, 0) is 36.8 Å². The van der Waals surface area contributed by atoms with E-state index in [2.05, 4.69) is 16.4 Å². The van der Waals surface area contributed by atoms with Crippen LogP contribution in [0.2, 0.25) is 0 Å². The first-order chi connectivity index (χ1) is 9.65. The van der Waals surface area contributed by atoms with Gasteiger partial charge in [-0.15, -0.1) is 0 Å². The lowest BCUT2D eigenvalue weighted by Crippen LogP contribution is -2.14. The third kappa shape index (κ3) is 2.16. The minimum absolute atomic E-state index is 0.152. The van der Waals surface area contributed by atoms with Crippen LogP contribution >= 0.6 is 0 Å². The second-order valence-corrected chi connectivity index (χ2v) is 4.81. The first-order valence-electron chi connectivity index (χ1n) is 6.44. The molecule has 1 heterocycles. The van der Waals surface area contributed by atoms with Crippen LogP contribution in [-0.4, -0.2) is 15.5 Å². The molecule has 4 nitrogen and oxygen atoms in total. The molecule has 2 aromatic carbocycles. The molecule has 4 heteroatoms. The molecule has 0 aliphatic carbocycles. The number of hydrogen-bond donors (Lipinski definition) is 1. The van der Waals surface area contributed by atoms with Crippen LogP contribution < -0.4 is 5.32 Å². The summed E-state index contributed by atoms with van der Waals surface area (Å²) in [7, 11) is 1.90. The number of aromatic nitrogens is 2. The summed E-state index contributed by atoms with van der Waals surface area (Å²) in [6.45, 7) is 2.04. The van der Waals surface area contributed by atoms with Crippen LogP contribution in [0.1, 0.15) is 15.9 Å². The van der Waals surface area contributed by atoms with Crippen LogP contribution in [0.3, 0.4) is 0 Å². The Kier molecular flexibility index (Phi) is 2.99. The minimum Gasteiger partial charge on any atom is -0.313 e. The first kappa shape index (κ1) is 12.4. The third-order valence-electron chi connectivity index (χ3n) is 3.30. The molecular formula is C16H15N3O. The topological polar surface area (TPSA) is 46.9 Å². The number of carbonyl (C=O) groups is 1. The Bertz CT molecular complexity index is 775. The predicted molar refractivity (Wildman–Crippen MR) is 79.8 cm³/mol. The zero-order valence-electron chi connectivity index (χ0n) is 11.4. The van der Waals surface area contributed by atoms with E-state index in [1.165, 1.54) is 5.56 Å². The summed E-state index contributed by atoms with van der Waals surface area (Å²) in [5.41, 5.74) is 3.67. The average molecular weight is 265 g/mol. The molecule has 0 saturated carbocycles. The summed E-state index contributed by atoms with van der Waals surface area (Å²) in [5.74, 6) is 0.403. The van der Waals surface area contributed by atoms with E-state index in [0.717, 1.165) is 11.0 Å². The molecule has 20 heavy (non-hydrogen) atoms. The van der Waals surface area contributed by atoms with Gasteiger partial charge in [-0.3, -0.25) is 10.1 Å². The molecule has 1 N–H and O–H groups in total. The Hall–Kier alpha value is -2.62. The van der Waals surface area contributed by atoms with Gasteiger partial charge in [-0.1, -0.05) is 24.3 Å². The Morgan fingerprint density at radius 3 is 2.65 bits per heavy atom. The molecule has 0 bridgehead atoms. The molecule has 0 unspecified atom stereocenters. The SMILES string of the molecule is Cc1ccc2nc(NC(=O)c3ccccc3)n(C)c2c1. The molecule has 0 radical (unpaired) electrons. The van der Waals surface area contributed by atoms with Crippen LogP contribution in [0.15, 0.2) is 48.5 Å². The predicted octanol–water partition coefficient (Wildman–Crippen LogP) is 3.13. The number of rotatable bonds is 2. The second kappa shape index (κ2) is 4.81. The van der Waals surface area contributed by atoms with Gasteiger partial charge in [0, 0.05) is 12.6 Å². The Labute approximate surface area is 117 Å². The number of carbonyl (C=O) groups excluding carboxylic acids is 1. The van der Waals surface area contributed by atoms with Gasteiger partial charge in [0.2, 0.25) is 5.95 Å². The summed E-state index contributed by atoms with van der Waals surface area (Å²) in [6.07, 6.45) is 0. The van der Waals surface area contributed by atoms with Gasteiger partial charge >= 0.3 is 0 Å². The monoisotopic (exact) mass is 265 g/mol. The molecule has 1 amide bonds.